The van der Waals surface area contributed by atoms with Crippen molar-refractivity contribution in [3.63, 3.8) is 0 Å². The molecule has 0 bridgehead atoms. The second kappa shape index (κ2) is 5.86. The van der Waals surface area contributed by atoms with E-state index in [0.29, 0.717) is 6.54 Å². The van der Waals surface area contributed by atoms with E-state index in [1.807, 2.05) is 20.8 Å². The van der Waals surface area contributed by atoms with Gasteiger partial charge in [0.25, 0.3) is 6.43 Å². The van der Waals surface area contributed by atoms with Gasteiger partial charge in [-0.1, -0.05) is 0 Å². The lowest BCUT2D eigenvalue weighted by Crippen LogP contribution is -2.35. The van der Waals surface area contributed by atoms with E-state index in [-0.39, 0.29) is 11.4 Å². The SMILES string of the molecule is CC(C)(C)NCc1ccc(OCC(F)F)nn1. The molecule has 0 unspecified atom stereocenters. The molecule has 0 fully saturated rings. The predicted octanol–water partition coefficient (Wildman–Crippen LogP) is 2.01. The van der Waals surface area contributed by atoms with Gasteiger partial charge in [-0.25, -0.2) is 8.78 Å². The fraction of sp³-hybridized carbons (Fsp3) is 0.636. The molecule has 0 saturated heterocycles. The minimum Gasteiger partial charge on any atom is -0.471 e. The monoisotopic (exact) mass is 245 g/mol. The van der Waals surface area contributed by atoms with Crippen LogP contribution in [0.5, 0.6) is 5.88 Å². The zero-order chi connectivity index (χ0) is 12.9. The van der Waals surface area contributed by atoms with Crippen molar-refractivity contribution in [2.24, 2.45) is 0 Å². The third kappa shape index (κ3) is 6.11. The Balaban J connectivity index is 2.45. The van der Waals surface area contributed by atoms with Crippen LogP contribution < -0.4 is 10.1 Å². The zero-order valence-corrected chi connectivity index (χ0v) is 10.2. The molecule has 0 spiro atoms. The van der Waals surface area contributed by atoms with Crippen LogP contribution in [-0.4, -0.2) is 28.8 Å². The van der Waals surface area contributed by atoms with E-state index in [1.54, 1.807) is 6.07 Å². The highest BCUT2D eigenvalue weighted by Crippen LogP contribution is 2.07. The number of nitrogens with zero attached hydrogens (tertiary/aromatic N) is 2. The molecule has 0 radical (unpaired) electrons. The molecule has 1 rings (SSSR count). The number of ether oxygens (including phenoxy) is 1. The molecule has 1 heterocycles. The maximum atomic E-state index is 11.9. The Bertz CT molecular complexity index is 336. The summed E-state index contributed by atoms with van der Waals surface area (Å²) in [5.74, 6) is 0.116. The van der Waals surface area contributed by atoms with Gasteiger partial charge in [-0.2, -0.15) is 5.10 Å². The van der Waals surface area contributed by atoms with Crippen LogP contribution in [0.3, 0.4) is 0 Å². The topological polar surface area (TPSA) is 47.0 Å². The predicted molar refractivity (Wildman–Crippen MR) is 60.1 cm³/mol. The summed E-state index contributed by atoms with van der Waals surface area (Å²) in [6.45, 7) is 6.04. The molecule has 0 saturated carbocycles. The van der Waals surface area contributed by atoms with Crippen molar-refractivity contribution < 1.29 is 13.5 Å². The zero-order valence-electron chi connectivity index (χ0n) is 10.2. The first-order chi connectivity index (χ1) is 7.87. The van der Waals surface area contributed by atoms with Crippen molar-refractivity contribution in [2.45, 2.75) is 39.3 Å². The minimum absolute atomic E-state index is 0.00741. The Labute approximate surface area is 99.4 Å². The molecule has 17 heavy (non-hydrogen) atoms. The van der Waals surface area contributed by atoms with Gasteiger partial charge in [0.15, 0.2) is 6.61 Å². The van der Waals surface area contributed by atoms with Gasteiger partial charge in [0.1, 0.15) is 0 Å². The number of nitrogens with one attached hydrogen (secondary N) is 1. The van der Waals surface area contributed by atoms with Gasteiger partial charge in [-0.15, -0.1) is 5.10 Å². The summed E-state index contributed by atoms with van der Waals surface area (Å²) in [4.78, 5) is 0. The van der Waals surface area contributed by atoms with E-state index in [9.17, 15) is 8.78 Å². The average Bonchev–Trinajstić information content (AvgIpc) is 2.24. The molecular formula is C11H17F2N3O. The normalized spacial score (nSPS) is 11.9. The van der Waals surface area contributed by atoms with Crippen LogP contribution in [0.4, 0.5) is 8.78 Å². The summed E-state index contributed by atoms with van der Waals surface area (Å²) < 4.78 is 28.5. The van der Waals surface area contributed by atoms with E-state index in [2.05, 4.69) is 15.5 Å². The molecule has 0 aliphatic carbocycles. The molecule has 0 atom stereocenters. The van der Waals surface area contributed by atoms with E-state index < -0.39 is 13.0 Å². The second-order valence-corrected chi connectivity index (χ2v) is 4.67. The first-order valence-electron chi connectivity index (χ1n) is 5.35. The number of halogens is 2. The molecule has 0 amide bonds. The van der Waals surface area contributed by atoms with Crippen LogP contribution in [0.2, 0.25) is 0 Å². The van der Waals surface area contributed by atoms with Gasteiger partial charge in [0.2, 0.25) is 5.88 Å². The third-order valence-electron chi connectivity index (χ3n) is 1.85. The lowest BCUT2D eigenvalue weighted by molar-refractivity contribution is 0.0790. The molecule has 4 nitrogen and oxygen atoms in total. The molecule has 1 aromatic heterocycles. The number of aromatic nitrogens is 2. The Morgan fingerprint density at radius 2 is 2.00 bits per heavy atom. The highest BCUT2D eigenvalue weighted by atomic mass is 19.3. The van der Waals surface area contributed by atoms with Gasteiger partial charge in [0, 0.05) is 18.2 Å². The summed E-state index contributed by atoms with van der Waals surface area (Å²) in [5.41, 5.74) is 0.733. The van der Waals surface area contributed by atoms with Crippen molar-refractivity contribution in [2.75, 3.05) is 6.61 Å². The van der Waals surface area contributed by atoms with Crippen LogP contribution in [0.15, 0.2) is 12.1 Å². The Hall–Kier alpha value is -1.30. The van der Waals surface area contributed by atoms with Gasteiger partial charge >= 0.3 is 0 Å². The molecule has 1 N–H and O–H groups in total. The lowest BCUT2D eigenvalue weighted by atomic mass is 10.1. The van der Waals surface area contributed by atoms with Gasteiger partial charge < -0.3 is 10.1 Å². The van der Waals surface area contributed by atoms with Crippen LogP contribution >= 0.6 is 0 Å². The fourth-order valence-corrected chi connectivity index (χ4v) is 1.02. The smallest absolute Gasteiger partial charge is 0.272 e. The second-order valence-electron chi connectivity index (χ2n) is 4.67. The molecule has 1 aromatic rings. The highest BCUT2D eigenvalue weighted by Gasteiger charge is 2.09. The molecule has 0 aromatic carbocycles. The number of alkyl halides is 2. The van der Waals surface area contributed by atoms with Gasteiger partial charge in [0.05, 0.1) is 5.69 Å². The van der Waals surface area contributed by atoms with Gasteiger partial charge in [-0.3, -0.25) is 0 Å². The first-order valence-corrected chi connectivity index (χ1v) is 5.35. The molecular weight excluding hydrogens is 228 g/mol. The van der Waals surface area contributed by atoms with E-state index >= 15 is 0 Å². The summed E-state index contributed by atoms with van der Waals surface area (Å²) in [7, 11) is 0. The standard InChI is InChI=1S/C11H17F2N3O/c1-11(2,3)14-6-8-4-5-10(16-15-8)17-7-9(12)13/h4-5,9,14H,6-7H2,1-3H3. The van der Waals surface area contributed by atoms with Crippen molar-refractivity contribution >= 4 is 0 Å². The van der Waals surface area contributed by atoms with Crippen molar-refractivity contribution in [3.05, 3.63) is 17.8 Å². The van der Waals surface area contributed by atoms with Crippen LogP contribution in [0.1, 0.15) is 26.5 Å². The Kier molecular flexibility index (Phi) is 4.74. The molecule has 0 aliphatic rings. The Morgan fingerprint density at radius 1 is 1.29 bits per heavy atom. The summed E-state index contributed by atoms with van der Waals surface area (Å²) in [6.07, 6.45) is -2.50. The number of hydrogen-bond acceptors (Lipinski definition) is 4. The Morgan fingerprint density at radius 3 is 2.47 bits per heavy atom. The number of rotatable bonds is 5. The summed E-state index contributed by atoms with van der Waals surface area (Å²) in [6, 6.07) is 3.24. The van der Waals surface area contributed by atoms with Crippen molar-refractivity contribution in [3.8, 4) is 5.88 Å². The lowest BCUT2D eigenvalue weighted by Gasteiger charge is -2.19. The minimum atomic E-state index is -2.50. The largest absolute Gasteiger partial charge is 0.471 e. The maximum absolute atomic E-state index is 11.9. The van der Waals surface area contributed by atoms with Crippen molar-refractivity contribution in [1.29, 1.82) is 0 Å². The van der Waals surface area contributed by atoms with E-state index in [4.69, 9.17) is 4.74 Å². The average molecular weight is 245 g/mol. The molecule has 96 valence electrons. The quantitative estimate of drug-likeness (QED) is 0.862. The fourth-order valence-electron chi connectivity index (χ4n) is 1.02. The highest BCUT2D eigenvalue weighted by molar-refractivity contribution is 5.11. The van der Waals surface area contributed by atoms with E-state index in [1.165, 1.54) is 6.07 Å². The number of hydrogen-bond donors (Lipinski definition) is 1. The van der Waals surface area contributed by atoms with Crippen LogP contribution in [-0.2, 0) is 6.54 Å². The van der Waals surface area contributed by atoms with Crippen LogP contribution in [0.25, 0.3) is 0 Å². The summed E-state index contributed by atoms with van der Waals surface area (Å²) >= 11 is 0. The molecule has 0 aliphatic heterocycles. The first kappa shape index (κ1) is 13.8. The van der Waals surface area contributed by atoms with Gasteiger partial charge in [-0.05, 0) is 26.8 Å². The third-order valence-corrected chi connectivity index (χ3v) is 1.85. The summed E-state index contributed by atoms with van der Waals surface area (Å²) in [5, 5.41) is 10.8. The maximum Gasteiger partial charge on any atom is 0.272 e. The van der Waals surface area contributed by atoms with Crippen LogP contribution in [0, 0.1) is 0 Å². The van der Waals surface area contributed by atoms with Crippen molar-refractivity contribution in [1.82, 2.24) is 15.5 Å². The molecule has 6 heteroatoms. The van der Waals surface area contributed by atoms with E-state index in [0.717, 1.165) is 5.69 Å².